The SMILES string of the molecule is CC[C@H]1C[C@@H](n2c(=O)nc(/C(C=N)=C/NC)c3oc4cc(Cl)c(-c5cnn(C)c5)nc4c32)CCO1. The number of pyridine rings is 1. The molecular formula is C24H26ClN7O3. The van der Waals surface area contributed by atoms with Gasteiger partial charge in [-0.25, -0.2) is 9.78 Å². The van der Waals surface area contributed by atoms with Crippen LogP contribution in [0.15, 0.2) is 33.9 Å². The topological polar surface area (TPSA) is 124 Å². The summed E-state index contributed by atoms with van der Waals surface area (Å²) in [4.78, 5) is 22.7. The molecule has 0 unspecified atom stereocenters. The molecule has 0 saturated carbocycles. The number of ether oxygens (including phenoxy) is 1. The van der Waals surface area contributed by atoms with Gasteiger partial charge >= 0.3 is 5.69 Å². The van der Waals surface area contributed by atoms with Gasteiger partial charge in [0.05, 0.1) is 23.0 Å². The van der Waals surface area contributed by atoms with Crippen molar-refractivity contribution < 1.29 is 9.15 Å². The Labute approximate surface area is 206 Å². The molecule has 1 aliphatic heterocycles. The highest BCUT2D eigenvalue weighted by Gasteiger charge is 2.29. The van der Waals surface area contributed by atoms with E-state index in [0.29, 0.717) is 57.9 Å². The molecule has 10 nitrogen and oxygen atoms in total. The van der Waals surface area contributed by atoms with Crippen LogP contribution in [0.2, 0.25) is 5.02 Å². The van der Waals surface area contributed by atoms with Crippen LogP contribution in [0.1, 0.15) is 37.9 Å². The maximum Gasteiger partial charge on any atom is 0.349 e. The number of furan rings is 1. The van der Waals surface area contributed by atoms with E-state index >= 15 is 0 Å². The molecule has 5 rings (SSSR count). The van der Waals surface area contributed by atoms with Crippen molar-refractivity contribution in [2.45, 2.75) is 38.3 Å². The summed E-state index contributed by atoms with van der Waals surface area (Å²) in [6, 6.07) is 1.58. The quantitative estimate of drug-likeness (QED) is 0.388. The van der Waals surface area contributed by atoms with E-state index in [1.165, 1.54) is 0 Å². The number of fused-ring (bicyclic) bond motifs is 3. The van der Waals surface area contributed by atoms with Gasteiger partial charge in [-0.15, -0.1) is 0 Å². The molecule has 5 heterocycles. The maximum atomic E-state index is 13.5. The molecule has 2 N–H and O–H groups in total. The van der Waals surface area contributed by atoms with Crippen molar-refractivity contribution in [2.75, 3.05) is 13.7 Å². The molecular weight excluding hydrogens is 470 g/mol. The van der Waals surface area contributed by atoms with E-state index in [-0.39, 0.29) is 17.8 Å². The van der Waals surface area contributed by atoms with Crippen LogP contribution in [-0.2, 0) is 11.8 Å². The second-order valence-corrected chi connectivity index (χ2v) is 8.98. The molecule has 0 aromatic carbocycles. The minimum Gasteiger partial charge on any atom is -0.450 e. The number of nitrogens with one attached hydrogen (secondary N) is 2. The molecule has 35 heavy (non-hydrogen) atoms. The lowest BCUT2D eigenvalue weighted by Crippen LogP contribution is -2.34. The molecule has 1 saturated heterocycles. The van der Waals surface area contributed by atoms with Crippen molar-refractivity contribution in [1.82, 2.24) is 29.6 Å². The molecule has 0 radical (unpaired) electrons. The van der Waals surface area contributed by atoms with Gasteiger partial charge in [-0.2, -0.15) is 10.1 Å². The Balaban J connectivity index is 1.85. The van der Waals surface area contributed by atoms with Crippen molar-refractivity contribution >= 4 is 45.6 Å². The summed E-state index contributed by atoms with van der Waals surface area (Å²) < 4.78 is 15.5. The van der Waals surface area contributed by atoms with Gasteiger partial charge in [-0.05, 0) is 19.3 Å². The normalized spacial score (nSPS) is 18.9. The summed E-state index contributed by atoms with van der Waals surface area (Å²) in [6.07, 6.45) is 8.53. The lowest BCUT2D eigenvalue weighted by molar-refractivity contribution is -0.00711. The number of hydrogen-bond acceptors (Lipinski definition) is 8. The zero-order chi connectivity index (χ0) is 24.7. The third kappa shape index (κ3) is 4.02. The summed E-state index contributed by atoms with van der Waals surface area (Å²) in [5, 5.41) is 15.4. The van der Waals surface area contributed by atoms with E-state index in [4.69, 9.17) is 31.1 Å². The van der Waals surface area contributed by atoms with Crippen LogP contribution in [0, 0.1) is 5.41 Å². The van der Waals surface area contributed by atoms with Gasteiger partial charge in [0.2, 0.25) is 0 Å². The Morgan fingerprint density at radius 3 is 2.91 bits per heavy atom. The van der Waals surface area contributed by atoms with E-state index < -0.39 is 5.69 Å². The third-order valence-electron chi connectivity index (χ3n) is 6.33. The van der Waals surface area contributed by atoms with E-state index in [0.717, 1.165) is 18.2 Å². The largest absolute Gasteiger partial charge is 0.450 e. The highest BCUT2D eigenvalue weighted by molar-refractivity contribution is 6.34. The first-order chi connectivity index (χ1) is 16.9. The summed E-state index contributed by atoms with van der Waals surface area (Å²) in [5.74, 6) is 0. The van der Waals surface area contributed by atoms with E-state index in [9.17, 15) is 4.79 Å². The van der Waals surface area contributed by atoms with Crippen molar-refractivity contribution in [1.29, 1.82) is 5.41 Å². The number of rotatable bonds is 6. The van der Waals surface area contributed by atoms with Gasteiger partial charge in [0.25, 0.3) is 0 Å². The van der Waals surface area contributed by atoms with E-state index in [2.05, 4.69) is 22.3 Å². The zero-order valence-corrected chi connectivity index (χ0v) is 20.5. The maximum absolute atomic E-state index is 13.5. The first-order valence-corrected chi connectivity index (χ1v) is 11.9. The average Bonchev–Trinajstić information content (AvgIpc) is 3.44. The van der Waals surface area contributed by atoms with Gasteiger partial charge in [0.15, 0.2) is 11.2 Å². The fraction of sp³-hybridized carbons (Fsp3) is 0.375. The Kier molecular flexibility index (Phi) is 6.16. The smallest absolute Gasteiger partial charge is 0.349 e. The summed E-state index contributed by atoms with van der Waals surface area (Å²) in [6.45, 7) is 2.63. The molecule has 0 aliphatic carbocycles. The fourth-order valence-corrected chi connectivity index (χ4v) is 4.91. The van der Waals surface area contributed by atoms with Gasteiger partial charge in [0, 0.05) is 62.6 Å². The molecule has 11 heteroatoms. The summed E-state index contributed by atoms with van der Waals surface area (Å²) in [5.41, 5.74) is 3.46. The molecule has 0 bridgehead atoms. The summed E-state index contributed by atoms with van der Waals surface area (Å²) in [7, 11) is 3.54. The van der Waals surface area contributed by atoms with Gasteiger partial charge in [0.1, 0.15) is 16.7 Å². The second kappa shape index (κ2) is 9.27. The zero-order valence-electron chi connectivity index (χ0n) is 19.7. The fourth-order valence-electron chi connectivity index (χ4n) is 4.66. The monoisotopic (exact) mass is 495 g/mol. The van der Waals surface area contributed by atoms with Crippen LogP contribution in [0.3, 0.4) is 0 Å². The van der Waals surface area contributed by atoms with Gasteiger partial charge in [-0.3, -0.25) is 9.25 Å². The minimum absolute atomic E-state index is 0.0585. The molecule has 4 aromatic rings. The van der Waals surface area contributed by atoms with Crippen molar-refractivity contribution in [3.63, 3.8) is 0 Å². The van der Waals surface area contributed by atoms with Crippen molar-refractivity contribution in [3.8, 4) is 11.3 Å². The standard InChI is InChI=1S/C24H26ClN7O3/c1-4-16-7-15(5-6-34-16)32-22-21-18(8-17(25)19(29-21)14-11-28-31(3)12-14)35-23(22)20(30-24(32)33)13(9-26)10-27-2/h8-12,15-16,26-27H,4-7H2,1-3H3/b13-10+,26-9?/t15-,16-/m0/s1. The number of allylic oxidation sites excluding steroid dienone is 1. The lowest BCUT2D eigenvalue weighted by atomic mass is 10.0. The number of halogens is 1. The van der Waals surface area contributed by atoms with Crippen LogP contribution in [-0.4, -0.2) is 50.3 Å². The Bertz CT molecular complexity index is 1520. The predicted octanol–water partition coefficient (Wildman–Crippen LogP) is 3.93. The van der Waals surface area contributed by atoms with Crippen molar-refractivity contribution in [3.05, 3.63) is 45.9 Å². The van der Waals surface area contributed by atoms with E-state index in [1.807, 2.05) is 13.2 Å². The molecule has 1 aliphatic rings. The third-order valence-corrected chi connectivity index (χ3v) is 6.62. The highest BCUT2D eigenvalue weighted by Crippen LogP contribution is 2.38. The number of aromatic nitrogens is 5. The molecule has 0 spiro atoms. The number of nitrogens with zero attached hydrogens (tertiary/aromatic N) is 5. The van der Waals surface area contributed by atoms with Crippen LogP contribution >= 0.6 is 11.6 Å². The van der Waals surface area contributed by atoms with Gasteiger partial charge in [-0.1, -0.05) is 18.5 Å². The molecule has 0 amide bonds. The molecule has 4 aromatic heterocycles. The lowest BCUT2D eigenvalue weighted by Gasteiger charge is -2.30. The Morgan fingerprint density at radius 1 is 1.40 bits per heavy atom. The number of hydrogen-bond donors (Lipinski definition) is 2. The van der Waals surface area contributed by atoms with Gasteiger partial charge < -0.3 is 19.9 Å². The second-order valence-electron chi connectivity index (χ2n) is 8.57. The van der Waals surface area contributed by atoms with E-state index in [1.54, 1.807) is 34.8 Å². The van der Waals surface area contributed by atoms with Crippen molar-refractivity contribution in [2.24, 2.45) is 7.05 Å². The first kappa shape index (κ1) is 23.3. The molecule has 2 atom stereocenters. The Hall–Kier alpha value is -3.50. The Morgan fingerprint density at radius 2 is 2.23 bits per heavy atom. The highest BCUT2D eigenvalue weighted by atomic mass is 35.5. The first-order valence-electron chi connectivity index (χ1n) is 11.5. The average molecular weight is 496 g/mol. The van der Waals surface area contributed by atoms with Crippen LogP contribution < -0.4 is 11.0 Å². The number of aryl methyl sites for hydroxylation is 1. The van der Waals surface area contributed by atoms with Crippen LogP contribution in [0.4, 0.5) is 0 Å². The minimum atomic E-state index is -0.416. The summed E-state index contributed by atoms with van der Waals surface area (Å²) >= 11 is 6.59. The van der Waals surface area contributed by atoms with Crippen LogP contribution in [0.25, 0.3) is 39.0 Å². The predicted molar refractivity (Wildman–Crippen MR) is 135 cm³/mol. The van der Waals surface area contributed by atoms with Crippen LogP contribution in [0.5, 0.6) is 0 Å². The molecule has 182 valence electrons. The molecule has 1 fully saturated rings.